The Kier molecular flexibility index (Phi) is 8.49. The zero-order chi connectivity index (χ0) is 24.7. The number of benzene rings is 1. The molecule has 0 aliphatic carbocycles. The molecule has 0 spiro atoms. The number of aromatic nitrogens is 4. The summed E-state index contributed by atoms with van der Waals surface area (Å²) in [6.07, 6.45) is 0. The number of nitrogens with one attached hydrogen (secondary N) is 3. The fourth-order valence-electron chi connectivity index (χ4n) is 2.66. The Morgan fingerprint density at radius 2 is 1.82 bits per heavy atom. The molecule has 180 valence electrons. The van der Waals surface area contributed by atoms with Crippen LogP contribution in [0.2, 0.25) is 0 Å². The molecule has 0 bridgehead atoms. The van der Waals surface area contributed by atoms with Crippen molar-refractivity contribution in [2.24, 2.45) is 0 Å². The third-order valence-corrected chi connectivity index (χ3v) is 7.31. The van der Waals surface area contributed by atoms with Crippen LogP contribution < -0.4 is 15.6 Å². The molecule has 3 aromatic rings. The highest BCUT2D eigenvalue weighted by Gasteiger charge is 2.22. The van der Waals surface area contributed by atoms with E-state index >= 15 is 0 Å². The summed E-state index contributed by atoms with van der Waals surface area (Å²) in [5.41, 5.74) is 3.66. The Labute approximate surface area is 204 Å². The number of ether oxygens (including phenoxy) is 1. The predicted molar refractivity (Wildman–Crippen MR) is 127 cm³/mol. The van der Waals surface area contributed by atoms with Crippen molar-refractivity contribution < 1.29 is 22.7 Å². The summed E-state index contributed by atoms with van der Waals surface area (Å²) in [5, 5.41) is 10.7. The van der Waals surface area contributed by atoms with E-state index in [1.165, 1.54) is 6.07 Å². The Morgan fingerprint density at radius 1 is 1.12 bits per heavy atom. The van der Waals surface area contributed by atoms with Gasteiger partial charge in [-0.15, -0.1) is 15.0 Å². The third-order valence-electron chi connectivity index (χ3n) is 3.94. The first-order valence-corrected chi connectivity index (χ1v) is 13.1. The number of hydrazine groups is 1. The number of carbonyl (C=O) groups is 2. The third kappa shape index (κ3) is 6.93. The number of hydrogen-bond donors (Lipinski definition) is 3. The van der Waals surface area contributed by atoms with Crippen LogP contribution in [-0.2, 0) is 19.6 Å². The molecule has 34 heavy (non-hydrogen) atoms. The van der Waals surface area contributed by atoms with Crippen LogP contribution in [0.4, 0.5) is 10.7 Å². The Morgan fingerprint density at radius 3 is 2.53 bits per heavy atom. The monoisotopic (exact) mass is 523 g/mol. The zero-order valence-corrected chi connectivity index (χ0v) is 20.8. The van der Waals surface area contributed by atoms with Gasteiger partial charge in [-0.1, -0.05) is 41.3 Å². The quantitative estimate of drug-likeness (QED) is 0.215. The van der Waals surface area contributed by atoms with Crippen LogP contribution in [0.15, 0.2) is 39.6 Å². The van der Waals surface area contributed by atoms with Crippen LogP contribution >= 0.6 is 23.1 Å². The van der Waals surface area contributed by atoms with Crippen molar-refractivity contribution in [1.29, 1.82) is 0 Å². The van der Waals surface area contributed by atoms with Crippen LogP contribution in [0, 0.1) is 13.8 Å². The van der Waals surface area contributed by atoms with Crippen molar-refractivity contribution >= 4 is 51.1 Å². The molecular weight excluding hydrogens is 502 g/mol. The number of aryl methyl sites for hydroxylation is 2. The summed E-state index contributed by atoms with van der Waals surface area (Å²) >= 11 is 2.27. The minimum Gasteiger partial charge on any atom is -0.465 e. The molecule has 15 heteroatoms. The lowest BCUT2D eigenvalue weighted by molar-refractivity contribution is -0.139. The maximum Gasteiger partial charge on any atom is 0.336 e. The first-order valence-electron chi connectivity index (χ1n) is 9.80. The number of urea groups is 1. The highest BCUT2D eigenvalue weighted by atomic mass is 32.2. The number of rotatable bonds is 9. The van der Waals surface area contributed by atoms with Crippen molar-refractivity contribution in [3.63, 3.8) is 0 Å². The highest BCUT2D eigenvalue weighted by molar-refractivity contribution is 8.01. The molecule has 0 aliphatic rings. The highest BCUT2D eigenvalue weighted by Crippen LogP contribution is 2.33. The van der Waals surface area contributed by atoms with Crippen LogP contribution in [0.5, 0.6) is 0 Å². The first kappa shape index (κ1) is 25.5. The van der Waals surface area contributed by atoms with Gasteiger partial charge in [-0.2, -0.15) is 0 Å². The summed E-state index contributed by atoms with van der Waals surface area (Å²) in [6.45, 7) is 5.48. The second-order valence-corrected chi connectivity index (χ2v) is 10.5. The first-order chi connectivity index (χ1) is 16.2. The summed E-state index contributed by atoms with van der Waals surface area (Å²) < 4.78 is 31.1. The average Bonchev–Trinajstić information content (AvgIpc) is 3.25. The van der Waals surface area contributed by atoms with Crippen LogP contribution in [0.1, 0.15) is 18.3 Å². The fraction of sp³-hybridized carbons (Fsp3) is 0.263. The number of thioether (sulfide) groups is 1. The van der Waals surface area contributed by atoms with E-state index in [-0.39, 0.29) is 34.7 Å². The van der Waals surface area contributed by atoms with Gasteiger partial charge in [-0.25, -0.2) is 23.2 Å². The largest absolute Gasteiger partial charge is 0.465 e. The van der Waals surface area contributed by atoms with E-state index in [2.05, 4.69) is 30.9 Å². The second-order valence-electron chi connectivity index (χ2n) is 6.62. The standard InChI is InChI=1S/C19H21N7O5S3/c1-4-31-15(27)10-32-19-25-23-16(33-19)13-7-5-6-8-14(13)34(29,30)26-24-18(28)22-17-20-11(2)9-12(3)21-17/h5-9,26H,4,10H2,1-3H3,(H2,20,21,22,24,28). The number of sulfonamides is 1. The van der Waals surface area contributed by atoms with Gasteiger partial charge in [0.05, 0.1) is 17.3 Å². The van der Waals surface area contributed by atoms with Crippen molar-refractivity contribution in [2.75, 3.05) is 17.7 Å². The van der Waals surface area contributed by atoms with E-state index in [4.69, 9.17) is 4.74 Å². The van der Waals surface area contributed by atoms with Crippen molar-refractivity contribution in [2.45, 2.75) is 30.0 Å². The number of nitrogens with zero attached hydrogens (tertiary/aromatic N) is 4. The van der Waals surface area contributed by atoms with E-state index < -0.39 is 16.1 Å². The average molecular weight is 524 g/mol. The van der Waals surface area contributed by atoms with Gasteiger partial charge in [0.25, 0.3) is 10.0 Å². The minimum absolute atomic E-state index is 0.0382. The van der Waals surface area contributed by atoms with Crippen molar-refractivity contribution in [3.8, 4) is 10.6 Å². The van der Waals surface area contributed by atoms with E-state index in [9.17, 15) is 18.0 Å². The summed E-state index contributed by atoms with van der Waals surface area (Å²) in [4.78, 5) is 33.7. The number of esters is 1. The van der Waals surface area contributed by atoms with Crippen LogP contribution in [0.3, 0.4) is 0 Å². The number of amides is 2. The molecule has 0 saturated carbocycles. The molecule has 0 fully saturated rings. The maximum atomic E-state index is 12.9. The number of anilines is 1. The lowest BCUT2D eigenvalue weighted by atomic mass is 10.2. The normalized spacial score (nSPS) is 11.1. The molecule has 1 aromatic carbocycles. The van der Waals surface area contributed by atoms with Gasteiger partial charge < -0.3 is 4.74 Å². The summed E-state index contributed by atoms with van der Waals surface area (Å²) in [6, 6.07) is 7.00. The van der Waals surface area contributed by atoms with Gasteiger partial charge in [0.1, 0.15) is 5.01 Å². The van der Waals surface area contributed by atoms with E-state index in [0.717, 1.165) is 23.1 Å². The number of hydrogen-bond acceptors (Lipinski definition) is 11. The second kappa shape index (κ2) is 11.3. The molecule has 3 rings (SSSR count). The molecule has 2 amide bonds. The lowest BCUT2D eigenvalue weighted by Crippen LogP contribution is -2.44. The SMILES string of the molecule is CCOC(=O)CSc1nnc(-c2ccccc2S(=O)(=O)NNC(=O)Nc2nc(C)cc(C)n2)s1. The van der Waals surface area contributed by atoms with E-state index in [0.29, 0.717) is 20.7 Å². The van der Waals surface area contributed by atoms with Crippen molar-refractivity contribution in [3.05, 3.63) is 41.7 Å². The van der Waals surface area contributed by atoms with Gasteiger partial charge in [0, 0.05) is 17.0 Å². The fourth-order valence-corrected chi connectivity index (χ4v) is 5.46. The number of carbonyl (C=O) groups excluding carboxylic acids is 2. The van der Waals surface area contributed by atoms with Gasteiger partial charge in [0.15, 0.2) is 4.34 Å². The van der Waals surface area contributed by atoms with Gasteiger partial charge in [0.2, 0.25) is 5.95 Å². The molecule has 0 saturated heterocycles. The molecule has 2 aromatic heterocycles. The molecular formula is C19H21N7O5S3. The summed E-state index contributed by atoms with van der Waals surface area (Å²) in [5.74, 6) is -0.281. The molecule has 0 unspecified atom stereocenters. The molecule has 0 radical (unpaired) electrons. The smallest absolute Gasteiger partial charge is 0.336 e. The molecule has 0 aliphatic heterocycles. The maximum absolute atomic E-state index is 12.9. The minimum atomic E-state index is -4.17. The molecule has 0 atom stereocenters. The Hall–Kier alpha value is -3.14. The zero-order valence-electron chi connectivity index (χ0n) is 18.4. The van der Waals surface area contributed by atoms with Gasteiger partial charge in [-0.05, 0) is 32.9 Å². The van der Waals surface area contributed by atoms with E-state index in [1.54, 1.807) is 45.0 Å². The predicted octanol–water partition coefficient (Wildman–Crippen LogP) is 2.28. The van der Waals surface area contributed by atoms with Gasteiger partial charge >= 0.3 is 12.0 Å². The van der Waals surface area contributed by atoms with Crippen molar-refractivity contribution in [1.82, 2.24) is 30.4 Å². The van der Waals surface area contributed by atoms with Gasteiger partial charge in [-0.3, -0.25) is 15.5 Å². The lowest BCUT2D eigenvalue weighted by Gasteiger charge is -2.11. The summed E-state index contributed by atoms with van der Waals surface area (Å²) in [7, 11) is -4.17. The Balaban J connectivity index is 1.70. The molecule has 2 heterocycles. The Bertz CT molecular complexity index is 1280. The topological polar surface area (TPSA) is 165 Å². The van der Waals surface area contributed by atoms with Crippen LogP contribution in [0.25, 0.3) is 10.6 Å². The molecule has 12 nitrogen and oxygen atoms in total. The van der Waals surface area contributed by atoms with E-state index in [1.807, 2.05) is 4.83 Å². The van der Waals surface area contributed by atoms with Crippen LogP contribution in [-0.4, -0.2) is 52.9 Å². The molecule has 3 N–H and O–H groups in total.